The molecule has 1 unspecified atom stereocenters. The van der Waals surface area contributed by atoms with Crippen LogP contribution in [0, 0.1) is 5.92 Å². The van der Waals surface area contributed by atoms with Crippen LogP contribution in [0.2, 0.25) is 0 Å². The Morgan fingerprint density at radius 3 is 2.24 bits per heavy atom. The maximum atomic E-state index is 12.0. The fourth-order valence-electron chi connectivity index (χ4n) is 2.74. The summed E-state index contributed by atoms with van der Waals surface area (Å²) in [5.74, 6) is -0.864. The van der Waals surface area contributed by atoms with Gasteiger partial charge < -0.3 is 10.0 Å². The molecule has 0 saturated heterocycles. The summed E-state index contributed by atoms with van der Waals surface area (Å²) in [4.78, 5) is 14.3. The predicted molar refractivity (Wildman–Crippen MR) is 86.4 cm³/mol. The Bertz CT molecular complexity index is 430. The highest BCUT2D eigenvalue weighted by Gasteiger charge is 2.42. The van der Waals surface area contributed by atoms with Gasteiger partial charge in [0, 0.05) is 13.1 Å². The van der Waals surface area contributed by atoms with Gasteiger partial charge in [-0.3, -0.25) is 5.32 Å². The Balaban J connectivity index is 2.95. The number of carboxylic acid groups (broad SMARTS) is 1. The van der Waals surface area contributed by atoms with Crippen LogP contribution in [0.25, 0.3) is 0 Å². The number of benzene rings is 1. The van der Waals surface area contributed by atoms with E-state index in [1.54, 1.807) is 0 Å². The van der Waals surface area contributed by atoms with Crippen LogP contribution in [0.5, 0.6) is 0 Å². The quantitative estimate of drug-likeness (QED) is 0.734. The first-order chi connectivity index (χ1) is 9.98. The molecule has 0 radical (unpaired) electrons. The fourth-order valence-corrected chi connectivity index (χ4v) is 2.74. The summed E-state index contributed by atoms with van der Waals surface area (Å²) < 4.78 is 0. The van der Waals surface area contributed by atoms with Crippen molar-refractivity contribution < 1.29 is 9.90 Å². The molecule has 4 heteroatoms. The van der Waals surface area contributed by atoms with Crippen molar-refractivity contribution in [2.75, 3.05) is 26.2 Å². The summed E-state index contributed by atoms with van der Waals surface area (Å²) in [6.45, 7) is 11.6. The number of hydrogen-bond donors (Lipinski definition) is 2. The Morgan fingerprint density at radius 2 is 1.81 bits per heavy atom. The van der Waals surface area contributed by atoms with E-state index in [0.717, 1.165) is 25.2 Å². The molecule has 0 saturated carbocycles. The van der Waals surface area contributed by atoms with Gasteiger partial charge in [-0.25, -0.2) is 4.79 Å². The monoisotopic (exact) mass is 292 g/mol. The highest BCUT2D eigenvalue weighted by atomic mass is 16.4. The zero-order chi connectivity index (χ0) is 15.9. The highest BCUT2D eigenvalue weighted by Crippen LogP contribution is 2.30. The second-order valence-electron chi connectivity index (χ2n) is 5.59. The smallest absolute Gasteiger partial charge is 0.328 e. The van der Waals surface area contributed by atoms with Crippen molar-refractivity contribution in [2.45, 2.75) is 33.2 Å². The lowest BCUT2D eigenvalue weighted by atomic mass is 9.79. The van der Waals surface area contributed by atoms with Gasteiger partial charge >= 0.3 is 5.97 Å². The molecule has 1 atom stereocenters. The van der Waals surface area contributed by atoms with Gasteiger partial charge in [-0.2, -0.15) is 0 Å². The summed E-state index contributed by atoms with van der Waals surface area (Å²) in [6.07, 6.45) is 0. The second kappa shape index (κ2) is 8.15. The molecule has 0 aliphatic rings. The van der Waals surface area contributed by atoms with Gasteiger partial charge in [-0.1, -0.05) is 58.0 Å². The molecule has 21 heavy (non-hydrogen) atoms. The summed E-state index contributed by atoms with van der Waals surface area (Å²) in [5.41, 5.74) is -0.221. The number of aliphatic carboxylic acids is 1. The van der Waals surface area contributed by atoms with Crippen LogP contribution in [-0.2, 0) is 10.3 Å². The number of carboxylic acids is 1. The van der Waals surface area contributed by atoms with Gasteiger partial charge in [0.2, 0.25) is 0 Å². The van der Waals surface area contributed by atoms with Crippen LogP contribution in [0.1, 0.15) is 33.3 Å². The van der Waals surface area contributed by atoms with Crippen LogP contribution in [0.15, 0.2) is 30.3 Å². The number of hydrogen-bond acceptors (Lipinski definition) is 3. The predicted octanol–water partition coefficient (Wildman–Crippen LogP) is 2.55. The topological polar surface area (TPSA) is 52.6 Å². The first-order valence-corrected chi connectivity index (χ1v) is 7.75. The molecule has 0 aliphatic heterocycles. The Kier molecular flexibility index (Phi) is 6.85. The van der Waals surface area contributed by atoms with E-state index < -0.39 is 11.5 Å². The fraction of sp³-hybridized carbons (Fsp3) is 0.588. The van der Waals surface area contributed by atoms with Crippen molar-refractivity contribution in [3.8, 4) is 0 Å². The molecule has 1 aromatic carbocycles. The Hall–Kier alpha value is -1.39. The molecule has 118 valence electrons. The maximum Gasteiger partial charge on any atom is 0.328 e. The normalized spacial score (nSPS) is 14.4. The Labute approximate surface area is 128 Å². The zero-order valence-electron chi connectivity index (χ0n) is 13.6. The molecule has 0 amide bonds. The van der Waals surface area contributed by atoms with Gasteiger partial charge in [0.1, 0.15) is 5.54 Å². The van der Waals surface area contributed by atoms with E-state index in [1.807, 2.05) is 44.2 Å². The first kappa shape index (κ1) is 17.7. The first-order valence-electron chi connectivity index (χ1n) is 7.75. The molecule has 0 heterocycles. The minimum Gasteiger partial charge on any atom is -0.480 e. The van der Waals surface area contributed by atoms with E-state index in [1.165, 1.54) is 0 Å². The molecule has 1 aromatic rings. The van der Waals surface area contributed by atoms with Crippen molar-refractivity contribution in [1.29, 1.82) is 0 Å². The second-order valence-corrected chi connectivity index (χ2v) is 5.59. The summed E-state index contributed by atoms with van der Waals surface area (Å²) in [7, 11) is 0. The van der Waals surface area contributed by atoms with Crippen LogP contribution in [-0.4, -0.2) is 42.2 Å². The van der Waals surface area contributed by atoms with Gasteiger partial charge in [-0.05, 0) is 24.6 Å². The van der Waals surface area contributed by atoms with Crippen LogP contribution >= 0.6 is 0 Å². The number of nitrogens with one attached hydrogen (secondary N) is 1. The van der Waals surface area contributed by atoms with Crippen molar-refractivity contribution in [2.24, 2.45) is 5.92 Å². The largest absolute Gasteiger partial charge is 0.480 e. The molecule has 0 aromatic heterocycles. The molecule has 0 bridgehead atoms. The number of nitrogens with zero attached hydrogens (tertiary/aromatic N) is 1. The molecule has 2 N–H and O–H groups in total. The average molecular weight is 292 g/mol. The SMILES string of the molecule is CCN(CC)CCNC(C(=O)O)(c1ccccc1)C(C)C. The molecule has 0 fully saturated rings. The van der Waals surface area contributed by atoms with Gasteiger partial charge in [-0.15, -0.1) is 0 Å². The molecule has 1 rings (SSSR count). The third-order valence-electron chi connectivity index (χ3n) is 4.16. The van der Waals surface area contributed by atoms with Crippen molar-refractivity contribution >= 4 is 5.97 Å². The molecule has 0 spiro atoms. The lowest BCUT2D eigenvalue weighted by Crippen LogP contribution is -2.54. The minimum absolute atomic E-state index is 0.0471. The standard InChI is InChI=1S/C17H28N2O2/c1-5-19(6-2)13-12-18-17(14(3)4,16(20)21)15-10-8-7-9-11-15/h7-11,14,18H,5-6,12-13H2,1-4H3,(H,20,21). The number of likely N-dealkylation sites (N-methyl/N-ethyl adjacent to an activating group) is 1. The third kappa shape index (κ3) is 4.05. The van der Waals surface area contributed by atoms with Gasteiger partial charge in [0.25, 0.3) is 0 Å². The van der Waals surface area contributed by atoms with Gasteiger partial charge in [0.05, 0.1) is 0 Å². The molecular weight excluding hydrogens is 264 g/mol. The van der Waals surface area contributed by atoms with E-state index in [-0.39, 0.29) is 5.92 Å². The minimum atomic E-state index is -1.03. The lowest BCUT2D eigenvalue weighted by Gasteiger charge is -2.35. The summed E-state index contributed by atoms with van der Waals surface area (Å²) in [6, 6.07) is 9.46. The van der Waals surface area contributed by atoms with E-state index in [9.17, 15) is 9.90 Å². The van der Waals surface area contributed by atoms with Crippen molar-refractivity contribution in [3.05, 3.63) is 35.9 Å². The van der Waals surface area contributed by atoms with Crippen LogP contribution in [0.4, 0.5) is 0 Å². The lowest BCUT2D eigenvalue weighted by molar-refractivity contribution is -0.147. The molecular formula is C17H28N2O2. The van der Waals surface area contributed by atoms with Crippen molar-refractivity contribution in [1.82, 2.24) is 10.2 Å². The average Bonchev–Trinajstić information content (AvgIpc) is 2.48. The van der Waals surface area contributed by atoms with Gasteiger partial charge in [0.15, 0.2) is 0 Å². The summed E-state index contributed by atoms with van der Waals surface area (Å²) >= 11 is 0. The maximum absolute atomic E-state index is 12.0. The zero-order valence-corrected chi connectivity index (χ0v) is 13.6. The third-order valence-corrected chi connectivity index (χ3v) is 4.16. The van der Waals surface area contributed by atoms with Crippen LogP contribution < -0.4 is 5.32 Å². The summed E-state index contributed by atoms with van der Waals surface area (Å²) in [5, 5.41) is 13.2. The number of carbonyl (C=O) groups is 1. The Morgan fingerprint density at radius 1 is 1.24 bits per heavy atom. The molecule has 0 aliphatic carbocycles. The van der Waals surface area contributed by atoms with E-state index in [2.05, 4.69) is 24.1 Å². The van der Waals surface area contributed by atoms with Crippen molar-refractivity contribution in [3.63, 3.8) is 0 Å². The van der Waals surface area contributed by atoms with E-state index in [0.29, 0.717) is 6.54 Å². The van der Waals surface area contributed by atoms with Crippen LogP contribution in [0.3, 0.4) is 0 Å². The van der Waals surface area contributed by atoms with E-state index >= 15 is 0 Å². The number of rotatable bonds is 9. The molecule has 4 nitrogen and oxygen atoms in total. The van der Waals surface area contributed by atoms with E-state index in [4.69, 9.17) is 0 Å². The highest BCUT2D eigenvalue weighted by molar-refractivity contribution is 5.81.